The zero-order valence-electron chi connectivity index (χ0n) is 14.8. The molecule has 0 aliphatic heterocycles. The van der Waals surface area contributed by atoms with Crippen molar-refractivity contribution in [3.8, 4) is 11.3 Å². The lowest BCUT2D eigenvalue weighted by molar-refractivity contribution is -0.385. The van der Waals surface area contributed by atoms with Gasteiger partial charge in [-0.2, -0.15) is 0 Å². The summed E-state index contributed by atoms with van der Waals surface area (Å²) in [5.74, 6) is 0.0412. The van der Waals surface area contributed by atoms with Crippen LogP contribution in [0, 0.1) is 24.0 Å². The molecule has 1 aromatic heterocycles. The number of benzene rings is 2. The average Bonchev–Trinajstić information content (AvgIpc) is 3.06. The summed E-state index contributed by atoms with van der Waals surface area (Å²) in [5.41, 5.74) is 5.27. The SMILES string of the molecule is CC(=O)c1ccc(-c2csc(Cc3cc(C)c([N+](=O)[O-])cc3C)n2)cc1. The number of hydrogen-bond donors (Lipinski definition) is 0. The van der Waals surface area contributed by atoms with Crippen LogP contribution >= 0.6 is 11.3 Å². The molecular weight excluding hydrogens is 348 g/mol. The van der Waals surface area contributed by atoms with E-state index in [0.29, 0.717) is 17.5 Å². The molecule has 0 saturated heterocycles. The van der Waals surface area contributed by atoms with Crippen LogP contribution in [-0.4, -0.2) is 15.7 Å². The van der Waals surface area contributed by atoms with Crippen molar-refractivity contribution in [1.82, 2.24) is 4.98 Å². The van der Waals surface area contributed by atoms with Gasteiger partial charge in [-0.25, -0.2) is 4.98 Å². The van der Waals surface area contributed by atoms with Gasteiger partial charge >= 0.3 is 0 Å². The number of hydrogen-bond acceptors (Lipinski definition) is 5. The first-order chi connectivity index (χ1) is 12.3. The Bertz CT molecular complexity index is 991. The maximum Gasteiger partial charge on any atom is 0.272 e. The molecule has 0 N–H and O–H groups in total. The van der Waals surface area contributed by atoms with Gasteiger partial charge in [-0.05, 0) is 38.0 Å². The fourth-order valence-electron chi connectivity index (χ4n) is 2.81. The van der Waals surface area contributed by atoms with E-state index in [1.165, 1.54) is 0 Å². The summed E-state index contributed by atoms with van der Waals surface area (Å²) in [6.07, 6.45) is 0.640. The van der Waals surface area contributed by atoms with Gasteiger partial charge in [0, 0.05) is 34.6 Å². The molecule has 0 aliphatic rings. The molecule has 0 amide bonds. The number of ketones is 1. The molecule has 6 heteroatoms. The van der Waals surface area contributed by atoms with Crippen molar-refractivity contribution < 1.29 is 9.72 Å². The minimum absolute atomic E-state index is 0.0412. The van der Waals surface area contributed by atoms with Crippen molar-refractivity contribution in [3.63, 3.8) is 0 Å². The molecule has 0 bridgehead atoms. The minimum Gasteiger partial charge on any atom is -0.295 e. The van der Waals surface area contributed by atoms with Crippen LogP contribution in [0.1, 0.15) is 39.0 Å². The number of Topliss-reactive ketones (excluding diaryl/α,β-unsaturated/α-hetero) is 1. The number of aryl methyl sites for hydroxylation is 2. The number of nitro groups is 1. The fraction of sp³-hybridized carbons (Fsp3) is 0.200. The molecule has 0 spiro atoms. The van der Waals surface area contributed by atoms with Crippen LogP contribution in [0.25, 0.3) is 11.3 Å². The van der Waals surface area contributed by atoms with Gasteiger partial charge in [0.25, 0.3) is 5.69 Å². The normalized spacial score (nSPS) is 10.7. The number of carbonyl (C=O) groups excluding carboxylic acids is 1. The van der Waals surface area contributed by atoms with Crippen LogP contribution < -0.4 is 0 Å². The van der Waals surface area contributed by atoms with Crippen LogP contribution in [0.3, 0.4) is 0 Å². The third-order valence-electron chi connectivity index (χ3n) is 4.33. The first-order valence-corrected chi connectivity index (χ1v) is 9.03. The molecule has 3 aromatic rings. The van der Waals surface area contributed by atoms with Gasteiger partial charge in [-0.1, -0.05) is 24.3 Å². The largest absolute Gasteiger partial charge is 0.295 e. The number of carbonyl (C=O) groups is 1. The van der Waals surface area contributed by atoms with Crippen LogP contribution in [0.4, 0.5) is 5.69 Å². The highest BCUT2D eigenvalue weighted by atomic mass is 32.1. The van der Waals surface area contributed by atoms with Crippen molar-refractivity contribution in [2.75, 3.05) is 0 Å². The fourth-order valence-corrected chi connectivity index (χ4v) is 3.64. The van der Waals surface area contributed by atoms with Gasteiger partial charge in [0.05, 0.1) is 15.6 Å². The van der Waals surface area contributed by atoms with Gasteiger partial charge in [-0.3, -0.25) is 14.9 Å². The van der Waals surface area contributed by atoms with Gasteiger partial charge < -0.3 is 0 Å². The highest BCUT2D eigenvalue weighted by molar-refractivity contribution is 7.10. The summed E-state index contributed by atoms with van der Waals surface area (Å²) < 4.78 is 0. The molecule has 132 valence electrons. The lowest BCUT2D eigenvalue weighted by Gasteiger charge is -2.06. The lowest BCUT2D eigenvalue weighted by atomic mass is 10.0. The summed E-state index contributed by atoms with van der Waals surface area (Å²) in [6.45, 7) is 5.19. The Morgan fingerprint density at radius 3 is 2.46 bits per heavy atom. The summed E-state index contributed by atoms with van der Waals surface area (Å²) in [5, 5.41) is 14.0. The van der Waals surface area contributed by atoms with Gasteiger partial charge in [0.2, 0.25) is 0 Å². The van der Waals surface area contributed by atoms with E-state index in [9.17, 15) is 14.9 Å². The number of thiazole rings is 1. The Kier molecular flexibility index (Phi) is 4.95. The minimum atomic E-state index is -0.349. The zero-order valence-corrected chi connectivity index (χ0v) is 15.6. The molecule has 2 aromatic carbocycles. The predicted octanol–water partition coefficient (Wildman–Crippen LogP) is 5.13. The Labute approximate surface area is 155 Å². The highest BCUT2D eigenvalue weighted by Crippen LogP contribution is 2.27. The van der Waals surface area contributed by atoms with E-state index in [1.807, 2.05) is 30.5 Å². The van der Waals surface area contributed by atoms with Crippen LogP contribution in [0.2, 0.25) is 0 Å². The van der Waals surface area contributed by atoms with E-state index in [2.05, 4.69) is 4.98 Å². The van der Waals surface area contributed by atoms with Crippen LogP contribution in [0.5, 0.6) is 0 Å². The topological polar surface area (TPSA) is 73.1 Å². The molecule has 0 unspecified atom stereocenters. The number of aromatic nitrogens is 1. The predicted molar refractivity (Wildman–Crippen MR) is 103 cm³/mol. The zero-order chi connectivity index (χ0) is 18.8. The molecule has 1 heterocycles. The summed E-state index contributed by atoms with van der Waals surface area (Å²) in [6, 6.07) is 10.9. The molecule has 26 heavy (non-hydrogen) atoms. The molecule has 3 rings (SSSR count). The Balaban J connectivity index is 1.84. The van der Waals surface area contributed by atoms with Crippen LogP contribution in [-0.2, 0) is 6.42 Å². The molecule has 0 radical (unpaired) electrons. The summed E-state index contributed by atoms with van der Waals surface area (Å²) in [4.78, 5) is 26.7. The molecule has 0 atom stereocenters. The standard InChI is InChI=1S/C20H18N2O3S/c1-12-9-19(22(24)25)13(2)8-17(12)10-20-21-18(11-26-20)16-6-4-15(5-7-16)14(3)23/h4-9,11H,10H2,1-3H3. The maximum absolute atomic E-state index is 11.4. The van der Waals surface area contributed by atoms with Crippen molar-refractivity contribution in [2.24, 2.45) is 0 Å². The second kappa shape index (κ2) is 7.17. The molecule has 0 aliphatic carbocycles. The molecule has 0 saturated carbocycles. The maximum atomic E-state index is 11.4. The van der Waals surface area contributed by atoms with Crippen LogP contribution in [0.15, 0.2) is 41.8 Å². The van der Waals surface area contributed by atoms with Gasteiger partial charge in [-0.15, -0.1) is 11.3 Å². The van der Waals surface area contributed by atoms with E-state index in [-0.39, 0.29) is 16.4 Å². The van der Waals surface area contributed by atoms with Crippen molar-refractivity contribution >= 4 is 22.8 Å². The summed E-state index contributed by atoms with van der Waals surface area (Å²) >= 11 is 1.56. The second-order valence-electron chi connectivity index (χ2n) is 6.26. The lowest BCUT2D eigenvalue weighted by Crippen LogP contribution is -1.98. The average molecular weight is 366 g/mol. The first kappa shape index (κ1) is 17.9. The molecular formula is C20H18N2O3S. The van der Waals surface area contributed by atoms with Crippen molar-refractivity contribution in [2.45, 2.75) is 27.2 Å². The number of rotatable bonds is 5. The highest BCUT2D eigenvalue weighted by Gasteiger charge is 2.14. The Morgan fingerprint density at radius 1 is 1.15 bits per heavy atom. The number of nitrogens with zero attached hydrogens (tertiary/aromatic N) is 2. The van der Waals surface area contributed by atoms with E-state index in [4.69, 9.17) is 0 Å². The Morgan fingerprint density at radius 2 is 1.85 bits per heavy atom. The van der Waals surface area contributed by atoms with Crippen molar-refractivity contribution in [3.05, 3.63) is 79.2 Å². The number of nitro benzene ring substituents is 1. The molecule has 5 nitrogen and oxygen atoms in total. The quantitative estimate of drug-likeness (QED) is 0.356. The second-order valence-corrected chi connectivity index (χ2v) is 7.20. The van der Waals surface area contributed by atoms with Gasteiger partial charge in [0.1, 0.15) is 0 Å². The monoisotopic (exact) mass is 366 g/mol. The third kappa shape index (κ3) is 3.70. The molecule has 0 fully saturated rings. The van der Waals surface area contributed by atoms with Gasteiger partial charge in [0.15, 0.2) is 5.78 Å². The van der Waals surface area contributed by atoms with E-state index in [1.54, 1.807) is 43.4 Å². The van der Waals surface area contributed by atoms with E-state index in [0.717, 1.165) is 27.4 Å². The smallest absolute Gasteiger partial charge is 0.272 e. The Hall–Kier alpha value is -2.86. The first-order valence-electron chi connectivity index (χ1n) is 8.15. The third-order valence-corrected chi connectivity index (χ3v) is 5.18. The van der Waals surface area contributed by atoms with E-state index >= 15 is 0 Å². The van der Waals surface area contributed by atoms with Crippen molar-refractivity contribution in [1.29, 1.82) is 0 Å². The summed E-state index contributed by atoms with van der Waals surface area (Å²) in [7, 11) is 0. The van der Waals surface area contributed by atoms with E-state index < -0.39 is 0 Å².